The first-order chi connectivity index (χ1) is 14.9. The minimum Gasteiger partial charge on any atom is -0.464 e. The van der Waals surface area contributed by atoms with E-state index in [4.69, 9.17) is 9.47 Å². The molecule has 0 spiro atoms. The first-order valence-electron chi connectivity index (χ1n) is 11.3. The van der Waals surface area contributed by atoms with Crippen LogP contribution < -0.4 is 5.32 Å². The van der Waals surface area contributed by atoms with E-state index in [0.29, 0.717) is 6.42 Å². The molecule has 1 aromatic rings. The predicted octanol–water partition coefficient (Wildman–Crippen LogP) is 4.60. The molecule has 0 fully saturated rings. The molecule has 0 aliphatic rings. The Balaban J connectivity index is 2.96. The van der Waals surface area contributed by atoms with Gasteiger partial charge < -0.3 is 14.8 Å². The maximum absolute atomic E-state index is 12.7. The number of benzene rings is 1. The van der Waals surface area contributed by atoms with Crippen molar-refractivity contribution in [2.45, 2.75) is 78.2 Å². The highest BCUT2D eigenvalue weighted by atomic mass is 16.6. The van der Waals surface area contributed by atoms with Gasteiger partial charge in [-0.25, -0.2) is 9.59 Å². The Hall–Kier alpha value is -2.63. The van der Waals surface area contributed by atoms with Crippen molar-refractivity contribution in [3.05, 3.63) is 41.5 Å². The molecule has 0 radical (unpaired) electrons. The van der Waals surface area contributed by atoms with Gasteiger partial charge in [-0.3, -0.25) is 4.79 Å². The molecule has 0 bridgehead atoms. The largest absolute Gasteiger partial charge is 0.464 e. The molecule has 1 aromatic carbocycles. The van der Waals surface area contributed by atoms with Crippen LogP contribution in [0.15, 0.2) is 30.3 Å². The third-order valence-corrected chi connectivity index (χ3v) is 4.91. The Kier molecular flexibility index (Phi) is 12.3. The molecule has 0 aliphatic carbocycles. The number of hydrogen-bond donors (Lipinski definition) is 1. The lowest BCUT2D eigenvalue weighted by Gasteiger charge is -2.29. The van der Waals surface area contributed by atoms with E-state index in [9.17, 15) is 14.4 Å². The monoisotopic (exact) mass is 431 g/mol. The van der Waals surface area contributed by atoms with Gasteiger partial charge in [0.2, 0.25) is 11.4 Å². The summed E-state index contributed by atoms with van der Waals surface area (Å²) >= 11 is 0. The zero-order valence-corrected chi connectivity index (χ0v) is 19.4. The Bertz CT molecular complexity index is 723. The summed E-state index contributed by atoms with van der Waals surface area (Å²) in [5, 5.41) is 2.50. The average molecular weight is 432 g/mol. The van der Waals surface area contributed by atoms with E-state index in [1.165, 1.54) is 32.6 Å². The van der Waals surface area contributed by atoms with Gasteiger partial charge in [0, 0.05) is 6.92 Å². The highest BCUT2D eigenvalue weighted by molar-refractivity contribution is 6.07. The summed E-state index contributed by atoms with van der Waals surface area (Å²) in [6.45, 7) is 6.96. The normalized spacial score (nSPS) is 11.4. The number of esters is 2. The second-order valence-electron chi connectivity index (χ2n) is 7.52. The van der Waals surface area contributed by atoms with Crippen molar-refractivity contribution in [2.75, 3.05) is 13.2 Å². The van der Waals surface area contributed by atoms with Crippen LogP contribution in [0.1, 0.15) is 77.3 Å². The Morgan fingerprint density at radius 1 is 1.00 bits per heavy atom. The van der Waals surface area contributed by atoms with Crippen molar-refractivity contribution >= 4 is 23.9 Å². The molecule has 6 heteroatoms. The topological polar surface area (TPSA) is 81.7 Å². The fraction of sp³-hybridized carbons (Fsp3) is 0.560. The molecular weight excluding hydrogens is 394 g/mol. The third-order valence-electron chi connectivity index (χ3n) is 4.91. The van der Waals surface area contributed by atoms with E-state index < -0.39 is 23.4 Å². The van der Waals surface area contributed by atoms with Crippen LogP contribution in [0.4, 0.5) is 0 Å². The maximum atomic E-state index is 12.7. The van der Waals surface area contributed by atoms with Crippen LogP contribution in [0, 0.1) is 0 Å². The van der Waals surface area contributed by atoms with Gasteiger partial charge in [-0.1, -0.05) is 62.6 Å². The molecule has 0 aromatic heterocycles. The Morgan fingerprint density at radius 2 is 1.68 bits per heavy atom. The summed E-state index contributed by atoms with van der Waals surface area (Å²) in [5.41, 5.74) is 0.157. The summed E-state index contributed by atoms with van der Waals surface area (Å²) in [6, 6.07) is 7.93. The second kappa shape index (κ2) is 14.4. The number of carbonyl (C=O) groups is 3. The molecule has 0 saturated carbocycles. The van der Waals surface area contributed by atoms with Crippen LogP contribution in [0.3, 0.4) is 0 Å². The summed E-state index contributed by atoms with van der Waals surface area (Å²) in [4.78, 5) is 37.2. The molecule has 0 aliphatic heterocycles. The van der Waals surface area contributed by atoms with E-state index in [2.05, 4.69) is 24.4 Å². The SMILES string of the molecule is CCCCCCC=Cc1cccc(CCC(NC(C)=O)(C(=O)OCC)C(=O)OCC)c1. The Morgan fingerprint density at radius 3 is 2.26 bits per heavy atom. The minimum absolute atomic E-state index is 0.0500. The van der Waals surface area contributed by atoms with E-state index in [1.807, 2.05) is 24.3 Å². The minimum atomic E-state index is -1.86. The number of hydrogen-bond acceptors (Lipinski definition) is 5. The zero-order valence-electron chi connectivity index (χ0n) is 19.4. The second-order valence-corrected chi connectivity index (χ2v) is 7.52. The van der Waals surface area contributed by atoms with Crippen LogP contribution in [0.5, 0.6) is 0 Å². The van der Waals surface area contributed by atoms with Gasteiger partial charge in [0.15, 0.2) is 0 Å². The lowest BCUT2D eigenvalue weighted by Crippen LogP contribution is -2.61. The fourth-order valence-electron chi connectivity index (χ4n) is 3.35. The fourth-order valence-corrected chi connectivity index (χ4v) is 3.35. The highest BCUT2D eigenvalue weighted by Crippen LogP contribution is 2.21. The van der Waals surface area contributed by atoms with Gasteiger partial charge in [0.1, 0.15) is 0 Å². The average Bonchev–Trinajstić information content (AvgIpc) is 2.74. The lowest BCUT2D eigenvalue weighted by atomic mass is 9.90. The van der Waals surface area contributed by atoms with Crippen LogP contribution >= 0.6 is 0 Å². The van der Waals surface area contributed by atoms with Crippen molar-refractivity contribution in [3.8, 4) is 0 Å². The molecule has 172 valence electrons. The number of unbranched alkanes of at least 4 members (excludes halogenated alkanes) is 4. The van der Waals surface area contributed by atoms with E-state index in [1.54, 1.807) is 13.8 Å². The van der Waals surface area contributed by atoms with E-state index in [-0.39, 0.29) is 19.6 Å². The maximum Gasteiger partial charge on any atom is 0.343 e. The number of amides is 1. The lowest BCUT2D eigenvalue weighted by molar-refractivity contribution is -0.168. The first kappa shape index (κ1) is 26.4. The summed E-state index contributed by atoms with van der Waals surface area (Å²) in [5.74, 6) is -2.10. The van der Waals surface area contributed by atoms with E-state index in [0.717, 1.165) is 17.5 Å². The number of aryl methyl sites for hydroxylation is 1. The first-order valence-corrected chi connectivity index (χ1v) is 11.3. The molecular formula is C25H37NO5. The van der Waals surface area contributed by atoms with E-state index >= 15 is 0 Å². The van der Waals surface area contributed by atoms with Crippen molar-refractivity contribution < 1.29 is 23.9 Å². The number of rotatable bonds is 14. The van der Waals surface area contributed by atoms with Crippen LogP contribution in [0.2, 0.25) is 0 Å². The molecule has 0 saturated heterocycles. The van der Waals surface area contributed by atoms with Crippen LogP contribution in [-0.2, 0) is 30.3 Å². The van der Waals surface area contributed by atoms with Crippen molar-refractivity contribution in [3.63, 3.8) is 0 Å². The molecule has 6 nitrogen and oxygen atoms in total. The summed E-state index contributed by atoms with van der Waals surface area (Å²) in [7, 11) is 0. The van der Waals surface area contributed by atoms with Crippen LogP contribution in [0.25, 0.3) is 6.08 Å². The van der Waals surface area contributed by atoms with Crippen molar-refractivity contribution in [1.29, 1.82) is 0 Å². The number of ether oxygens (including phenoxy) is 2. The van der Waals surface area contributed by atoms with Gasteiger partial charge in [0.25, 0.3) is 0 Å². The van der Waals surface area contributed by atoms with Gasteiger partial charge in [-0.2, -0.15) is 0 Å². The number of nitrogens with one attached hydrogen (secondary N) is 1. The molecule has 0 unspecified atom stereocenters. The zero-order chi connectivity index (χ0) is 23.1. The third kappa shape index (κ3) is 8.95. The summed E-state index contributed by atoms with van der Waals surface area (Å²) in [6.07, 6.45) is 10.7. The van der Waals surface area contributed by atoms with Gasteiger partial charge in [-0.05, 0) is 50.7 Å². The molecule has 1 amide bonds. The smallest absolute Gasteiger partial charge is 0.343 e. The number of carbonyl (C=O) groups excluding carboxylic acids is 3. The molecule has 1 rings (SSSR count). The van der Waals surface area contributed by atoms with Gasteiger partial charge >= 0.3 is 11.9 Å². The van der Waals surface area contributed by atoms with Gasteiger partial charge in [0.05, 0.1) is 13.2 Å². The summed E-state index contributed by atoms with van der Waals surface area (Å²) < 4.78 is 10.2. The number of allylic oxidation sites excluding steroid dienone is 1. The standard InChI is InChI=1S/C25H37NO5/c1-5-8-9-10-11-12-14-21-15-13-16-22(19-21)17-18-25(26-20(4)27,23(28)30-6-2)24(29)31-7-3/h12-16,19H,5-11,17-18H2,1-4H3,(H,26,27). The predicted molar refractivity (Wildman–Crippen MR) is 122 cm³/mol. The quantitative estimate of drug-likeness (QED) is 0.264. The van der Waals surface area contributed by atoms with Gasteiger partial charge in [-0.15, -0.1) is 0 Å². The molecule has 31 heavy (non-hydrogen) atoms. The van der Waals surface area contributed by atoms with Crippen LogP contribution in [-0.4, -0.2) is 36.6 Å². The van der Waals surface area contributed by atoms with Crippen molar-refractivity contribution in [2.24, 2.45) is 0 Å². The molecule has 0 atom stereocenters. The molecule has 1 N–H and O–H groups in total. The Labute approximate surface area is 186 Å². The van der Waals surface area contributed by atoms with Crippen molar-refractivity contribution in [1.82, 2.24) is 5.32 Å². The molecule has 0 heterocycles. The highest BCUT2D eigenvalue weighted by Gasteiger charge is 2.49.